The van der Waals surface area contributed by atoms with Crippen molar-refractivity contribution in [3.8, 4) is 0 Å². The third-order valence-electron chi connectivity index (χ3n) is 2.34. The zero-order valence-corrected chi connectivity index (χ0v) is 11.5. The Hall–Kier alpha value is -1.26. The number of methoxy groups -OCH3 is 1. The molecule has 17 heavy (non-hydrogen) atoms. The van der Waals surface area contributed by atoms with Crippen LogP contribution >= 0.6 is 0 Å². The summed E-state index contributed by atoms with van der Waals surface area (Å²) in [5.74, 6) is -0.458. The van der Waals surface area contributed by atoms with Crippen LogP contribution in [-0.2, 0) is 14.3 Å². The lowest BCUT2D eigenvalue weighted by Gasteiger charge is -2.25. The molecule has 0 aliphatic rings. The van der Waals surface area contributed by atoms with Gasteiger partial charge in [-0.2, -0.15) is 0 Å². The van der Waals surface area contributed by atoms with Gasteiger partial charge in [-0.05, 0) is 26.7 Å². The van der Waals surface area contributed by atoms with Crippen molar-refractivity contribution in [1.29, 1.82) is 0 Å². The Kier molecular flexibility index (Phi) is 5.99. The quantitative estimate of drug-likeness (QED) is 0.770. The van der Waals surface area contributed by atoms with Crippen LogP contribution in [0.15, 0.2) is 0 Å². The standard InChI is InChI=1S/C12H23NO4/c1-7-8(2)9(10(14)16-6)13-11(15)17-12(3,4)5/h8-9H,7H2,1-6H3,(H,13,15). The number of carbonyl (C=O) groups excluding carboxylic acids is 2. The van der Waals surface area contributed by atoms with Gasteiger partial charge in [0.15, 0.2) is 0 Å². The van der Waals surface area contributed by atoms with Gasteiger partial charge in [-0.1, -0.05) is 20.3 Å². The number of esters is 1. The average molecular weight is 245 g/mol. The van der Waals surface area contributed by atoms with E-state index in [9.17, 15) is 9.59 Å². The molecule has 0 aliphatic heterocycles. The van der Waals surface area contributed by atoms with E-state index in [4.69, 9.17) is 4.74 Å². The van der Waals surface area contributed by atoms with E-state index >= 15 is 0 Å². The molecule has 100 valence electrons. The largest absolute Gasteiger partial charge is 0.467 e. The Labute approximate surface area is 103 Å². The molecule has 0 aromatic carbocycles. The maximum absolute atomic E-state index is 11.6. The normalized spacial score (nSPS) is 14.7. The Bertz CT molecular complexity index is 270. The van der Waals surface area contributed by atoms with Gasteiger partial charge in [0.2, 0.25) is 0 Å². The van der Waals surface area contributed by atoms with Gasteiger partial charge in [-0.3, -0.25) is 0 Å². The van der Waals surface area contributed by atoms with Gasteiger partial charge < -0.3 is 14.8 Å². The van der Waals surface area contributed by atoms with Crippen molar-refractivity contribution in [2.45, 2.75) is 52.7 Å². The summed E-state index contributed by atoms with van der Waals surface area (Å²) in [6.07, 6.45) is 0.156. The molecule has 0 aromatic heterocycles. The Balaban J connectivity index is 4.54. The molecule has 0 spiro atoms. The number of amides is 1. The second-order valence-corrected chi connectivity index (χ2v) is 5.03. The molecule has 0 saturated carbocycles. The Morgan fingerprint density at radius 1 is 1.29 bits per heavy atom. The van der Waals surface area contributed by atoms with Crippen molar-refractivity contribution in [3.63, 3.8) is 0 Å². The fourth-order valence-electron chi connectivity index (χ4n) is 1.23. The molecule has 0 radical (unpaired) electrons. The highest BCUT2D eigenvalue weighted by Gasteiger charge is 2.28. The van der Waals surface area contributed by atoms with E-state index < -0.39 is 23.7 Å². The summed E-state index contributed by atoms with van der Waals surface area (Å²) < 4.78 is 9.76. The molecule has 5 nitrogen and oxygen atoms in total. The topological polar surface area (TPSA) is 64.6 Å². The minimum atomic E-state index is -0.667. The number of hydrogen-bond acceptors (Lipinski definition) is 4. The molecule has 0 aromatic rings. The van der Waals surface area contributed by atoms with Crippen molar-refractivity contribution in [3.05, 3.63) is 0 Å². The van der Waals surface area contributed by atoms with Crippen LogP contribution in [0.3, 0.4) is 0 Å². The van der Waals surface area contributed by atoms with Crippen LogP contribution in [-0.4, -0.2) is 30.8 Å². The Morgan fingerprint density at radius 2 is 1.82 bits per heavy atom. The molecule has 0 rings (SSSR count). The first kappa shape index (κ1) is 15.7. The molecule has 2 atom stereocenters. The van der Waals surface area contributed by atoms with Gasteiger partial charge in [-0.25, -0.2) is 9.59 Å². The monoisotopic (exact) mass is 245 g/mol. The lowest BCUT2D eigenvalue weighted by molar-refractivity contribution is -0.144. The fraction of sp³-hybridized carbons (Fsp3) is 0.833. The second kappa shape index (κ2) is 6.47. The van der Waals surface area contributed by atoms with E-state index in [1.807, 2.05) is 13.8 Å². The molecule has 5 heteroatoms. The lowest BCUT2D eigenvalue weighted by atomic mass is 9.99. The minimum Gasteiger partial charge on any atom is -0.467 e. The first-order valence-corrected chi connectivity index (χ1v) is 5.78. The highest BCUT2D eigenvalue weighted by Crippen LogP contribution is 2.11. The van der Waals surface area contributed by atoms with Crippen molar-refractivity contribution in [2.24, 2.45) is 5.92 Å². The van der Waals surface area contributed by atoms with Gasteiger partial charge >= 0.3 is 12.1 Å². The number of rotatable bonds is 4. The summed E-state index contributed by atoms with van der Waals surface area (Å²) in [4.78, 5) is 23.1. The Morgan fingerprint density at radius 3 is 2.18 bits per heavy atom. The molecule has 0 saturated heterocycles. The van der Waals surface area contributed by atoms with E-state index in [1.165, 1.54) is 7.11 Å². The van der Waals surface area contributed by atoms with Crippen molar-refractivity contribution in [2.75, 3.05) is 7.11 Å². The molecule has 0 aliphatic carbocycles. The van der Waals surface area contributed by atoms with Crippen molar-refractivity contribution < 1.29 is 19.1 Å². The highest BCUT2D eigenvalue weighted by atomic mass is 16.6. The molecular formula is C12H23NO4. The second-order valence-electron chi connectivity index (χ2n) is 5.03. The highest BCUT2D eigenvalue weighted by molar-refractivity contribution is 5.81. The number of nitrogens with one attached hydrogen (secondary N) is 1. The smallest absolute Gasteiger partial charge is 0.408 e. The van der Waals surface area contributed by atoms with Crippen LogP contribution in [0, 0.1) is 5.92 Å². The van der Waals surface area contributed by atoms with Crippen LogP contribution in [0.4, 0.5) is 4.79 Å². The maximum atomic E-state index is 11.6. The van der Waals surface area contributed by atoms with Crippen LogP contribution in [0.1, 0.15) is 41.0 Å². The molecule has 1 amide bonds. The SMILES string of the molecule is CCC(C)C(NC(=O)OC(C)(C)C)C(=O)OC. The summed E-state index contributed by atoms with van der Waals surface area (Å²) in [6, 6.07) is -0.667. The zero-order chi connectivity index (χ0) is 13.6. The van der Waals surface area contributed by atoms with Gasteiger partial charge in [0.25, 0.3) is 0 Å². The average Bonchev–Trinajstić information content (AvgIpc) is 2.21. The van der Waals surface area contributed by atoms with Gasteiger partial charge in [0.1, 0.15) is 11.6 Å². The summed E-state index contributed by atoms with van der Waals surface area (Å²) in [5.41, 5.74) is -0.583. The van der Waals surface area contributed by atoms with E-state index in [0.717, 1.165) is 6.42 Å². The van der Waals surface area contributed by atoms with Crippen molar-refractivity contribution in [1.82, 2.24) is 5.32 Å². The number of ether oxygens (including phenoxy) is 2. The van der Waals surface area contributed by atoms with Gasteiger partial charge in [0, 0.05) is 0 Å². The third-order valence-corrected chi connectivity index (χ3v) is 2.34. The van der Waals surface area contributed by atoms with E-state index in [2.05, 4.69) is 10.1 Å². The van der Waals surface area contributed by atoms with Crippen LogP contribution in [0.2, 0.25) is 0 Å². The predicted molar refractivity (Wildman–Crippen MR) is 64.6 cm³/mol. The number of alkyl carbamates (subject to hydrolysis) is 1. The van der Waals surface area contributed by atoms with E-state index in [-0.39, 0.29) is 5.92 Å². The molecule has 0 heterocycles. The number of hydrogen-bond donors (Lipinski definition) is 1. The minimum absolute atomic E-state index is 0.00466. The fourth-order valence-corrected chi connectivity index (χ4v) is 1.23. The van der Waals surface area contributed by atoms with Crippen molar-refractivity contribution >= 4 is 12.1 Å². The first-order valence-electron chi connectivity index (χ1n) is 5.78. The zero-order valence-electron chi connectivity index (χ0n) is 11.5. The van der Waals surface area contributed by atoms with Crippen LogP contribution < -0.4 is 5.32 Å². The first-order chi connectivity index (χ1) is 7.71. The summed E-state index contributed by atoms with van der Waals surface area (Å²) >= 11 is 0. The van der Waals surface area contributed by atoms with E-state index in [0.29, 0.717) is 0 Å². The molecule has 0 fully saturated rings. The van der Waals surface area contributed by atoms with Gasteiger partial charge in [0.05, 0.1) is 7.11 Å². The lowest BCUT2D eigenvalue weighted by Crippen LogP contribution is -2.47. The predicted octanol–water partition coefficient (Wildman–Crippen LogP) is 2.10. The summed E-state index contributed by atoms with van der Waals surface area (Å²) in [7, 11) is 1.30. The third kappa shape index (κ3) is 6.14. The molecular weight excluding hydrogens is 222 g/mol. The summed E-state index contributed by atoms with van der Waals surface area (Å²) in [6.45, 7) is 9.12. The van der Waals surface area contributed by atoms with E-state index in [1.54, 1.807) is 20.8 Å². The number of carbonyl (C=O) groups is 2. The van der Waals surface area contributed by atoms with Gasteiger partial charge in [-0.15, -0.1) is 0 Å². The maximum Gasteiger partial charge on any atom is 0.408 e. The van der Waals surface area contributed by atoms with Crippen LogP contribution in [0.5, 0.6) is 0 Å². The molecule has 1 N–H and O–H groups in total. The molecule has 2 unspecified atom stereocenters. The summed E-state index contributed by atoms with van der Waals surface area (Å²) in [5, 5.41) is 2.54. The van der Waals surface area contributed by atoms with Crippen LogP contribution in [0.25, 0.3) is 0 Å². The molecule has 0 bridgehead atoms.